The Labute approximate surface area is 131 Å². The van der Waals surface area contributed by atoms with E-state index in [0.717, 1.165) is 52.1 Å². The van der Waals surface area contributed by atoms with Gasteiger partial charge in [0.15, 0.2) is 5.17 Å². The SMILES string of the molecule is CC1CN=C(N2CCN(C(=O)C3CCCN3)CC2)S1.Cl. The van der Waals surface area contributed by atoms with Crippen LogP contribution in [0.4, 0.5) is 0 Å². The Kier molecular flexibility index (Phi) is 5.57. The summed E-state index contributed by atoms with van der Waals surface area (Å²) in [6, 6.07) is 0.0739. The monoisotopic (exact) mass is 318 g/mol. The number of carbonyl (C=O) groups is 1. The van der Waals surface area contributed by atoms with Crippen LogP contribution in [0.25, 0.3) is 0 Å². The van der Waals surface area contributed by atoms with E-state index in [1.165, 1.54) is 5.17 Å². The summed E-state index contributed by atoms with van der Waals surface area (Å²) in [6.07, 6.45) is 2.13. The summed E-state index contributed by atoms with van der Waals surface area (Å²) >= 11 is 1.87. The fraction of sp³-hybridized carbons (Fsp3) is 0.846. The zero-order valence-corrected chi connectivity index (χ0v) is 13.5. The second-order valence-corrected chi connectivity index (χ2v) is 6.92. The molecule has 0 aromatic heterocycles. The Bertz CT molecular complexity index is 379. The van der Waals surface area contributed by atoms with Crippen LogP contribution in [0.15, 0.2) is 4.99 Å². The van der Waals surface area contributed by atoms with Crippen molar-refractivity contribution in [3.8, 4) is 0 Å². The van der Waals surface area contributed by atoms with Crippen molar-refractivity contribution >= 4 is 35.2 Å². The molecule has 3 aliphatic heterocycles. The van der Waals surface area contributed by atoms with E-state index in [0.29, 0.717) is 11.2 Å². The van der Waals surface area contributed by atoms with Gasteiger partial charge in [-0.3, -0.25) is 9.79 Å². The number of piperazine rings is 1. The van der Waals surface area contributed by atoms with Crippen molar-refractivity contribution in [2.24, 2.45) is 4.99 Å². The van der Waals surface area contributed by atoms with Crippen molar-refractivity contribution in [1.29, 1.82) is 0 Å². The quantitative estimate of drug-likeness (QED) is 0.777. The molecule has 1 amide bonds. The Hall–Kier alpha value is -0.460. The minimum Gasteiger partial charge on any atom is -0.348 e. The Balaban J connectivity index is 0.00000147. The van der Waals surface area contributed by atoms with Gasteiger partial charge in [0.25, 0.3) is 0 Å². The first-order chi connectivity index (χ1) is 9.24. The molecule has 0 aromatic rings. The maximum Gasteiger partial charge on any atom is 0.239 e. The van der Waals surface area contributed by atoms with E-state index < -0.39 is 0 Å². The van der Waals surface area contributed by atoms with Gasteiger partial charge in [0.05, 0.1) is 12.6 Å². The number of nitrogens with zero attached hydrogens (tertiary/aromatic N) is 3. The van der Waals surface area contributed by atoms with E-state index in [1.54, 1.807) is 0 Å². The maximum absolute atomic E-state index is 12.3. The lowest BCUT2D eigenvalue weighted by Crippen LogP contribution is -2.53. The van der Waals surface area contributed by atoms with E-state index in [-0.39, 0.29) is 18.4 Å². The van der Waals surface area contributed by atoms with E-state index in [1.807, 2.05) is 16.7 Å². The number of aliphatic imine (C=N–C) groups is 1. The number of amidine groups is 1. The topological polar surface area (TPSA) is 47.9 Å². The lowest BCUT2D eigenvalue weighted by atomic mass is 10.2. The molecule has 3 aliphatic rings. The second-order valence-electron chi connectivity index (χ2n) is 5.51. The molecule has 1 N–H and O–H groups in total. The van der Waals surface area contributed by atoms with E-state index in [4.69, 9.17) is 0 Å². The van der Waals surface area contributed by atoms with E-state index in [9.17, 15) is 4.79 Å². The van der Waals surface area contributed by atoms with Gasteiger partial charge >= 0.3 is 0 Å². The highest BCUT2D eigenvalue weighted by atomic mass is 35.5. The molecule has 0 radical (unpaired) electrons. The fourth-order valence-electron chi connectivity index (χ4n) is 2.87. The number of carbonyl (C=O) groups excluding carboxylic acids is 1. The van der Waals surface area contributed by atoms with Gasteiger partial charge in [-0.1, -0.05) is 18.7 Å². The average Bonchev–Trinajstić information content (AvgIpc) is 3.09. The molecule has 3 rings (SSSR count). The summed E-state index contributed by atoms with van der Waals surface area (Å²) in [4.78, 5) is 21.2. The van der Waals surface area contributed by atoms with Crippen molar-refractivity contribution in [3.63, 3.8) is 0 Å². The number of halogens is 1. The van der Waals surface area contributed by atoms with Gasteiger partial charge in [-0.25, -0.2) is 0 Å². The van der Waals surface area contributed by atoms with Crippen LogP contribution >= 0.6 is 24.2 Å². The predicted molar refractivity (Wildman–Crippen MR) is 85.8 cm³/mol. The first kappa shape index (κ1) is 15.9. The predicted octanol–water partition coefficient (Wildman–Crippen LogP) is 0.796. The van der Waals surface area contributed by atoms with Gasteiger partial charge in [-0.2, -0.15) is 0 Å². The molecule has 2 fully saturated rings. The van der Waals surface area contributed by atoms with Crippen molar-refractivity contribution in [1.82, 2.24) is 15.1 Å². The molecule has 2 atom stereocenters. The smallest absolute Gasteiger partial charge is 0.239 e. The van der Waals surface area contributed by atoms with Gasteiger partial charge in [-0.05, 0) is 19.4 Å². The second kappa shape index (κ2) is 7.00. The zero-order chi connectivity index (χ0) is 13.2. The molecule has 0 aliphatic carbocycles. The Morgan fingerprint density at radius 2 is 2.10 bits per heavy atom. The van der Waals surface area contributed by atoms with Gasteiger partial charge in [0.1, 0.15) is 0 Å². The van der Waals surface area contributed by atoms with Crippen LogP contribution in [0.1, 0.15) is 19.8 Å². The largest absolute Gasteiger partial charge is 0.348 e. The van der Waals surface area contributed by atoms with Crippen molar-refractivity contribution in [2.75, 3.05) is 39.3 Å². The van der Waals surface area contributed by atoms with Crippen LogP contribution in [0, 0.1) is 0 Å². The molecule has 0 saturated carbocycles. The fourth-order valence-corrected chi connectivity index (χ4v) is 3.86. The summed E-state index contributed by atoms with van der Waals surface area (Å²) < 4.78 is 0. The molecule has 7 heteroatoms. The summed E-state index contributed by atoms with van der Waals surface area (Å²) in [5, 5.41) is 5.08. The van der Waals surface area contributed by atoms with Crippen LogP contribution in [0.3, 0.4) is 0 Å². The molecule has 0 bridgehead atoms. The summed E-state index contributed by atoms with van der Waals surface area (Å²) in [5.41, 5.74) is 0. The highest BCUT2D eigenvalue weighted by Crippen LogP contribution is 2.23. The van der Waals surface area contributed by atoms with Gasteiger partial charge < -0.3 is 15.1 Å². The number of nitrogens with one attached hydrogen (secondary N) is 1. The van der Waals surface area contributed by atoms with Crippen LogP contribution in [-0.4, -0.2) is 71.4 Å². The number of hydrogen-bond donors (Lipinski definition) is 1. The molecule has 2 saturated heterocycles. The summed E-state index contributed by atoms with van der Waals surface area (Å²) in [5.74, 6) is 0.298. The van der Waals surface area contributed by atoms with Crippen LogP contribution < -0.4 is 5.32 Å². The normalized spacial score (nSPS) is 30.1. The highest BCUT2D eigenvalue weighted by Gasteiger charge is 2.30. The molecule has 0 spiro atoms. The first-order valence-corrected chi connectivity index (χ1v) is 8.10. The third-order valence-electron chi connectivity index (χ3n) is 4.01. The van der Waals surface area contributed by atoms with Crippen LogP contribution in [0.2, 0.25) is 0 Å². The molecule has 5 nitrogen and oxygen atoms in total. The van der Waals surface area contributed by atoms with Gasteiger partial charge in [0.2, 0.25) is 5.91 Å². The third kappa shape index (κ3) is 3.40. The molecule has 2 unspecified atom stereocenters. The van der Waals surface area contributed by atoms with Crippen LogP contribution in [0.5, 0.6) is 0 Å². The molecular weight excluding hydrogens is 296 g/mol. The van der Waals surface area contributed by atoms with Crippen molar-refractivity contribution in [2.45, 2.75) is 31.1 Å². The molecular formula is C13H23ClN4OS. The standard InChI is InChI=1S/C13H22N4OS.ClH/c1-10-9-15-13(19-10)17-7-5-16(6-8-17)12(18)11-3-2-4-14-11;/h10-11,14H,2-9H2,1H3;1H. The number of rotatable bonds is 1. The minimum absolute atomic E-state index is 0. The van der Waals surface area contributed by atoms with E-state index in [2.05, 4.69) is 22.1 Å². The average molecular weight is 319 g/mol. The Morgan fingerprint density at radius 1 is 1.35 bits per heavy atom. The number of hydrogen-bond acceptors (Lipinski definition) is 5. The molecule has 114 valence electrons. The van der Waals surface area contributed by atoms with Gasteiger partial charge in [0, 0.05) is 31.4 Å². The van der Waals surface area contributed by atoms with Crippen molar-refractivity contribution in [3.05, 3.63) is 0 Å². The third-order valence-corrected chi connectivity index (χ3v) is 5.16. The first-order valence-electron chi connectivity index (χ1n) is 7.22. The lowest BCUT2D eigenvalue weighted by Gasteiger charge is -2.36. The lowest BCUT2D eigenvalue weighted by molar-refractivity contribution is -0.134. The zero-order valence-electron chi connectivity index (χ0n) is 11.9. The van der Waals surface area contributed by atoms with Crippen LogP contribution in [-0.2, 0) is 4.79 Å². The summed E-state index contributed by atoms with van der Waals surface area (Å²) in [6.45, 7) is 7.67. The number of amides is 1. The number of thioether (sulfide) groups is 1. The van der Waals surface area contributed by atoms with E-state index >= 15 is 0 Å². The van der Waals surface area contributed by atoms with Gasteiger partial charge in [-0.15, -0.1) is 12.4 Å². The Morgan fingerprint density at radius 3 is 2.65 bits per heavy atom. The summed E-state index contributed by atoms with van der Waals surface area (Å²) in [7, 11) is 0. The maximum atomic E-state index is 12.3. The molecule has 20 heavy (non-hydrogen) atoms. The minimum atomic E-state index is 0. The molecule has 0 aromatic carbocycles. The van der Waals surface area contributed by atoms with Crippen molar-refractivity contribution < 1.29 is 4.79 Å². The molecule has 3 heterocycles. The highest BCUT2D eigenvalue weighted by molar-refractivity contribution is 8.14.